The minimum Gasteiger partial charge on any atom is -0.497 e. The summed E-state index contributed by atoms with van der Waals surface area (Å²) >= 11 is 2.01. The average Bonchev–Trinajstić information content (AvgIpc) is 2.92. The number of methoxy groups -OCH3 is 1. The highest BCUT2D eigenvalue weighted by Gasteiger charge is 2.20. The smallest absolute Gasteiger partial charge is 0.119 e. The summed E-state index contributed by atoms with van der Waals surface area (Å²) in [7, 11) is 1.76. The summed E-state index contributed by atoms with van der Waals surface area (Å²) in [5.74, 6) is 1.83. The molecular weight excluding hydrogens is 386 g/mol. The van der Waals surface area contributed by atoms with Crippen molar-refractivity contribution in [3.63, 3.8) is 0 Å². The van der Waals surface area contributed by atoms with Crippen molar-refractivity contribution in [3.8, 4) is 5.75 Å². The maximum Gasteiger partial charge on any atom is 0.119 e. The van der Waals surface area contributed by atoms with Crippen molar-refractivity contribution in [1.82, 2.24) is 4.90 Å². The zero-order valence-corrected chi connectivity index (χ0v) is 19.3. The van der Waals surface area contributed by atoms with Crippen LogP contribution < -0.4 is 4.74 Å². The van der Waals surface area contributed by atoms with Crippen LogP contribution in [0.3, 0.4) is 0 Å². The Morgan fingerprint density at radius 3 is 2.67 bits per heavy atom. The Morgan fingerprint density at radius 1 is 1.10 bits per heavy atom. The van der Waals surface area contributed by atoms with Gasteiger partial charge in [0, 0.05) is 16.7 Å². The molecule has 0 N–H and O–H groups in total. The molecule has 0 spiro atoms. The summed E-state index contributed by atoms with van der Waals surface area (Å²) in [5.41, 5.74) is 4.52. The number of fused-ring (bicyclic) bond motifs is 1. The monoisotopic (exact) mass is 421 g/mol. The Balaban J connectivity index is 1.27. The molecule has 2 nitrogen and oxygen atoms in total. The van der Waals surface area contributed by atoms with Gasteiger partial charge in [0.1, 0.15) is 5.75 Å². The van der Waals surface area contributed by atoms with E-state index in [0.29, 0.717) is 5.25 Å². The van der Waals surface area contributed by atoms with Gasteiger partial charge in [0.15, 0.2) is 0 Å². The molecule has 160 valence electrons. The van der Waals surface area contributed by atoms with Crippen LogP contribution in [0.2, 0.25) is 0 Å². The number of ether oxygens (including phenoxy) is 1. The summed E-state index contributed by atoms with van der Waals surface area (Å²) in [4.78, 5) is 4.09. The molecule has 30 heavy (non-hydrogen) atoms. The number of hydrogen-bond donors (Lipinski definition) is 0. The van der Waals surface area contributed by atoms with Gasteiger partial charge in [-0.3, -0.25) is 0 Å². The highest BCUT2D eigenvalue weighted by atomic mass is 32.2. The zero-order chi connectivity index (χ0) is 20.8. The predicted octanol–water partition coefficient (Wildman–Crippen LogP) is 6.39. The van der Waals surface area contributed by atoms with Crippen LogP contribution >= 0.6 is 11.8 Å². The van der Waals surface area contributed by atoms with Gasteiger partial charge in [-0.1, -0.05) is 48.9 Å². The average molecular weight is 422 g/mol. The molecule has 2 aliphatic rings. The predicted molar refractivity (Wildman–Crippen MR) is 129 cm³/mol. The first-order valence-electron chi connectivity index (χ1n) is 11.5. The van der Waals surface area contributed by atoms with Crippen LogP contribution in [-0.4, -0.2) is 36.9 Å². The number of rotatable bonds is 6. The molecule has 1 saturated heterocycles. The Kier molecular flexibility index (Phi) is 7.57. The number of thioether (sulfide) groups is 1. The Morgan fingerprint density at radius 2 is 1.90 bits per heavy atom. The molecule has 2 heterocycles. The number of allylic oxidation sites excluding steroid dienone is 1. The maximum atomic E-state index is 5.45. The molecule has 0 amide bonds. The topological polar surface area (TPSA) is 12.5 Å². The van der Waals surface area contributed by atoms with Crippen molar-refractivity contribution in [1.29, 1.82) is 0 Å². The van der Waals surface area contributed by atoms with E-state index in [0.717, 1.165) is 18.1 Å². The standard InChI is InChI=1S/C27H35NOS/c1-21-17-24(19-25-20-26(29-2)10-11-27(25)30-21)9-6-14-28-15-12-23(13-16-28)18-22-7-4-3-5-8-22/h3-5,7-11,20-21,23H,6,12-19H2,1-2H3/b24-9-/t21-/m0/s1. The van der Waals surface area contributed by atoms with E-state index in [2.05, 4.69) is 66.4 Å². The van der Waals surface area contributed by atoms with Crippen molar-refractivity contribution in [2.75, 3.05) is 26.7 Å². The summed E-state index contributed by atoms with van der Waals surface area (Å²) < 4.78 is 5.45. The second-order valence-corrected chi connectivity index (χ2v) is 10.4. The van der Waals surface area contributed by atoms with E-state index in [1.807, 2.05) is 11.8 Å². The fourth-order valence-corrected chi connectivity index (χ4v) is 6.01. The van der Waals surface area contributed by atoms with Crippen LogP contribution in [0.4, 0.5) is 0 Å². The van der Waals surface area contributed by atoms with Crippen LogP contribution in [0, 0.1) is 5.92 Å². The molecule has 1 fully saturated rings. The largest absolute Gasteiger partial charge is 0.497 e. The molecule has 4 rings (SSSR count). The quantitative estimate of drug-likeness (QED) is 0.501. The molecule has 2 aliphatic heterocycles. The van der Waals surface area contributed by atoms with E-state index in [4.69, 9.17) is 4.74 Å². The number of likely N-dealkylation sites (tertiary alicyclic amines) is 1. The Bertz CT molecular complexity index is 839. The molecule has 3 heteroatoms. The van der Waals surface area contributed by atoms with Gasteiger partial charge >= 0.3 is 0 Å². The minimum atomic E-state index is 0.639. The first-order chi connectivity index (χ1) is 14.7. The minimum absolute atomic E-state index is 0.639. The maximum absolute atomic E-state index is 5.45. The van der Waals surface area contributed by atoms with E-state index in [1.165, 1.54) is 67.8 Å². The highest BCUT2D eigenvalue weighted by molar-refractivity contribution is 8.00. The Hall–Kier alpha value is -1.71. The lowest BCUT2D eigenvalue weighted by molar-refractivity contribution is 0.187. The third kappa shape index (κ3) is 5.92. The van der Waals surface area contributed by atoms with Crippen LogP contribution in [0.5, 0.6) is 5.75 Å². The Labute approximate surface area is 186 Å². The first-order valence-corrected chi connectivity index (χ1v) is 12.4. The number of piperidine rings is 1. The van der Waals surface area contributed by atoms with Gasteiger partial charge in [-0.05, 0) is 86.9 Å². The van der Waals surface area contributed by atoms with Gasteiger partial charge in [-0.15, -0.1) is 11.8 Å². The van der Waals surface area contributed by atoms with Gasteiger partial charge in [0.25, 0.3) is 0 Å². The molecule has 0 radical (unpaired) electrons. The van der Waals surface area contributed by atoms with E-state index < -0.39 is 0 Å². The molecule has 1 atom stereocenters. The first kappa shape index (κ1) is 21.5. The lowest BCUT2D eigenvalue weighted by Gasteiger charge is -2.31. The van der Waals surface area contributed by atoms with Gasteiger partial charge < -0.3 is 9.64 Å². The van der Waals surface area contributed by atoms with Crippen molar-refractivity contribution < 1.29 is 4.74 Å². The van der Waals surface area contributed by atoms with Crippen molar-refractivity contribution >= 4 is 11.8 Å². The third-order valence-electron chi connectivity index (χ3n) is 6.52. The van der Waals surface area contributed by atoms with Gasteiger partial charge in [-0.2, -0.15) is 0 Å². The second-order valence-electron chi connectivity index (χ2n) is 8.91. The van der Waals surface area contributed by atoms with Crippen molar-refractivity contribution in [3.05, 3.63) is 71.3 Å². The van der Waals surface area contributed by atoms with E-state index in [9.17, 15) is 0 Å². The van der Waals surface area contributed by atoms with E-state index in [1.54, 1.807) is 12.7 Å². The van der Waals surface area contributed by atoms with E-state index in [-0.39, 0.29) is 0 Å². The molecule has 0 saturated carbocycles. The summed E-state index contributed by atoms with van der Waals surface area (Å²) in [6.07, 6.45) is 9.90. The molecule has 0 aliphatic carbocycles. The molecule has 2 aromatic rings. The van der Waals surface area contributed by atoms with Crippen LogP contribution in [0.1, 0.15) is 43.7 Å². The summed E-state index contributed by atoms with van der Waals surface area (Å²) in [6, 6.07) is 17.6. The molecule has 0 aromatic heterocycles. The molecule has 2 aromatic carbocycles. The van der Waals surface area contributed by atoms with Crippen molar-refractivity contribution in [2.45, 2.75) is 55.6 Å². The van der Waals surface area contributed by atoms with Gasteiger partial charge in [0.2, 0.25) is 0 Å². The van der Waals surface area contributed by atoms with Crippen molar-refractivity contribution in [2.24, 2.45) is 5.92 Å². The molecule has 0 unspecified atom stereocenters. The summed E-state index contributed by atoms with van der Waals surface area (Å²) in [5, 5.41) is 0.639. The molecular formula is C27H35NOS. The SMILES string of the molecule is COc1ccc2c(c1)C/C(=C\CCN1CCC(Cc3ccccc3)CC1)C[C@H](C)S2. The lowest BCUT2D eigenvalue weighted by Crippen LogP contribution is -2.34. The fourth-order valence-electron chi connectivity index (χ4n) is 4.85. The zero-order valence-electron chi connectivity index (χ0n) is 18.5. The van der Waals surface area contributed by atoms with E-state index >= 15 is 0 Å². The number of nitrogens with zero attached hydrogens (tertiary/aromatic N) is 1. The van der Waals surface area contributed by atoms with Crippen LogP contribution in [-0.2, 0) is 12.8 Å². The highest BCUT2D eigenvalue weighted by Crippen LogP contribution is 2.37. The second kappa shape index (κ2) is 10.5. The number of hydrogen-bond acceptors (Lipinski definition) is 3. The fraction of sp³-hybridized carbons (Fsp3) is 0.481. The van der Waals surface area contributed by atoms with Crippen LogP contribution in [0.25, 0.3) is 0 Å². The third-order valence-corrected chi connectivity index (χ3v) is 7.74. The van der Waals surface area contributed by atoms with Gasteiger partial charge in [0.05, 0.1) is 7.11 Å². The normalized spacial score (nSPS) is 21.9. The number of benzene rings is 2. The van der Waals surface area contributed by atoms with Gasteiger partial charge in [-0.25, -0.2) is 0 Å². The summed E-state index contributed by atoms with van der Waals surface area (Å²) in [6.45, 7) is 6.07. The lowest BCUT2D eigenvalue weighted by atomic mass is 9.90. The van der Waals surface area contributed by atoms with Crippen LogP contribution in [0.15, 0.2) is 65.1 Å². The molecule has 0 bridgehead atoms.